The molecule has 2 N–H and O–H groups in total. The highest BCUT2D eigenvalue weighted by molar-refractivity contribution is 7.98. The third-order valence-electron chi connectivity index (χ3n) is 4.60. The SMILES string of the molecule is CSC[C@@H]1C[C@H](NC(=O)OC(C)(C)C)CC[C@@H]1NC(=O)OCc1ccccc1. The van der Waals surface area contributed by atoms with E-state index in [4.69, 9.17) is 9.47 Å². The molecule has 1 aromatic carbocycles. The third-order valence-corrected chi connectivity index (χ3v) is 5.36. The molecule has 1 aliphatic rings. The molecular weight excluding hydrogens is 376 g/mol. The van der Waals surface area contributed by atoms with Gasteiger partial charge in [0.05, 0.1) is 0 Å². The number of thioether (sulfide) groups is 1. The first-order valence-corrected chi connectivity index (χ1v) is 11.1. The van der Waals surface area contributed by atoms with E-state index in [0.29, 0.717) is 0 Å². The van der Waals surface area contributed by atoms with Crippen LogP contribution in [0.4, 0.5) is 9.59 Å². The van der Waals surface area contributed by atoms with E-state index < -0.39 is 11.7 Å². The molecule has 0 unspecified atom stereocenters. The molecule has 28 heavy (non-hydrogen) atoms. The fourth-order valence-electron chi connectivity index (χ4n) is 3.37. The Labute approximate surface area is 172 Å². The van der Waals surface area contributed by atoms with Crippen LogP contribution in [0.5, 0.6) is 0 Å². The summed E-state index contributed by atoms with van der Waals surface area (Å²) < 4.78 is 10.7. The maximum Gasteiger partial charge on any atom is 0.407 e. The number of amides is 2. The molecule has 1 saturated carbocycles. The normalized spacial score (nSPS) is 22.2. The van der Waals surface area contributed by atoms with Gasteiger partial charge in [-0.1, -0.05) is 30.3 Å². The van der Waals surface area contributed by atoms with Crippen LogP contribution < -0.4 is 10.6 Å². The van der Waals surface area contributed by atoms with Gasteiger partial charge in [0.1, 0.15) is 12.2 Å². The molecule has 3 atom stereocenters. The van der Waals surface area contributed by atoms with Gasteiger partial charge in [-0.15, -0.1) is 0 Å². The van der Waals surface area contributed by atoms with Crippen LogP contribution in [0.1, 0.15) is 45.6 Å². The Morgan fingerprint density at radius 2 is 1.82 bits per heavy atom. The number of carbonyl (C=O) groups is 2. The van der Waals surface area contributed by atoms with Gasteiger partial charge in [0.15, 0.2) is 0 Å². The van der Waals surface area contributed by atoms with Gasteiger partial charge in [-0.05, 0) is 63.5 Å². The average Bonchev–Trinajstić information content (AvgIpc) is 2.61. The van der Waals surface area contributed by atoms with Crippen molar-refractivity contribution in [3.63, 3.8) is 0 Å². The lowest BCUT2D eigenvalue weighted by molar-refractivity contribution is 0.0478. The van der Waals surface area contributed by atoms with Gasteiger partial charge in [-0.25, -0.2) is 9.59 Å². The minimum absolute atomic E-state index is 0.0485. The summed E-state index contributed by atoms with van der Waals surface area (Å²) in [6.45, 7) is 5.82. The first-order chi connectivity index (χ1) is 13.3. The van der Waals surface area contributed by atoms with E-state index in [1.807, 2.05) is 51.1 Å². The molecule has 0 spiro atoms. The molecule has 0 bridgehead atoms. The summed E-state index contributed by atoms with van der Waals surface area (Å²) in [5, 5.41) is 5.99. The van der Waals surface area contributed by atoms with Gasteiger partial charge < -0.3 is 20.1 Å². The number of hydrogen-bond acceptors (Lipinski definition) is 5. The van der Waals surface area contributed by atoms with E-state index in [1.165, 1.54) is 0 Å². The molecule has 1 aliphatic carbocycles. The molecule has 2 rings (SSSR count). The van der Waals surface area contributed by atoms with Crippen molar-refractivity contribution >= 4 is 23.9 Å². The molecular formula is C21H32N2O4S. The van der Waals surface area contributed by atoms with Gasteiger partial charge in [0.25, 0.3) is 0 Å². The second-order valence-corrected chi connectivity index (χ2v) is 9.09. The number of ether oxygens (including phenoxy) is 2. The first kappa shape index (κ1) is 22.4. The zero-order valence-electron chi connectivity index (χ0n) is 17.2. The smallest absolute Gasteiger partial charge is 0.407 e. The predicted octanol–water partition coefficient (Wildman–Crippen LogP) is 4.34. The lowest BCUT2D eigenvalue weighted by Crippen LogP contribution is -2.50. The summed E-state index contributed by atoms with van der Waals surface area (Å²) >= 11 is 1.74. The van der Waals surface area contributed by atoms with Crippen LogP contribution in [0, 0.1) is 5.92 Å². The Morgan fingerprint density at radius 3 is 2.46 bits per heavy atom. The predicted molar refractivity (Wildman–Crippen MR) is 112 cm³/mol. The maximum absolute atomic E-state index is 12.2. The fraction of sp³-hybridized carbons (Fsp3) is 0.619. The summed E-state index contributed by atoms with van der Waals surface area (Å²) in [6.07, 6.45) is 3.69. The number of carbonyl (C=O) groups excluding carboxylic acids is 2. The molecule has 6 nitrogen and oxygen atoms in total. The standard InChI is InChI=1S/C21H32N2O4S/c1-21(2,3)27-20(25)22-17-10-11-18(16(12-17)14-28-4)23-19(24)26-13-15-8-6-5-7-9-15/h5-9,16-18H,10-14H2,1-4H3,(H,22,25)(H,23,24)/t16-,17+,18-/m0/s1. The second kappa shape index (κ2) is 10.6. The van der Waals surface area contributed by atoms with E-state index >= 15 is 0 Å². The molecule has 0 radical (unpaired) electrons. The quantitative estimate of drug-likeness (QED) is 0.732. The summed E-state index contributed by atoms with van der Waals surface area (Å²) in [4.78, 5) is 24.3. The third kappa shape index (κ3) is 8.00. The second-order valence-electron chi connectivity index (χ2n) is 8.18. The number of hydrogen-bond donors (Lipinski definition) is 2. The molecule has 0 aliphatic heterocycles. The highest BCUT2D eigenvalue weighted by Crippen LogP contribution is 2.28. The summed E-state index contributed by atoms with van der Waals surface area (Å²) in [5.74, 6) is 1.18. The van der Waals surface area contributed by atoms with Gasteiger partial charge >= 0.3 is 12.2 Å². The zero-order chi connectivity index (χ0) is 20.6. The highest BCUT2D eigenvalue weighted by Gasteiger charge is 2.33. The van der Waals surface area contributed by atoms with Crippen LogP contribution in [0.15, 0.2) is 30.3 Å². The Morgan fingerprint density at radius 1 is 1.11 bits per heavy atom. The topological polar surface area (TPSA) is 76.7 Å². The fourth-order valence-corrected chi connectivity index (χ4v) is 4.17. The van der Waals surface area contributed by atoms with E-state index in [2.05, 4.69) is 16.9 Å². The van der Waals surface area contributed by atoms with Crippen LogP contribution in [0.2, 0.25) is 0 Å². The van der Waals surface area contributed by atoms with Crippen molar-refractivity contribution in [3.8, 4) is 0 Å². The number of benzene rings is 1. The lowest BCUT2D eigenvalue weighted by Gasteiger charge is -2.36. The molecule has 1 aromatic rings. The van der Waals surface area contributed by atoms with Crippen molar-refractivity contribution in [1.82, 2.24) is 10.6 Å². The summed E-state index contributed by atoms with van der Waals surface area (Å²) in [5.41, 5.74) is 0.452. The van der Waals surface area contributed by atoms with E-state index in [9.17, 15) is 9.59 Å². The molecule has 7 heteroatoms. The number of nitrogens with one attached hydrogen (secondary N) is 2. The summed E-state index contributed by atoms with van der Waals surface area (Å²) in [7, 11) is 0. The van der Waals surface area contributed by atoms with E-state index in [0.717, 1.165) is 30.6 Å². The Bertz CT molecular complexity index is 633. The van der Waals surface area contributed by atoms with Crippen molar-refractivity contribution in [3.05, 3.63) is 35.9 Å². The minimum atomic E-state index is -0.510. The summed E-state index contributed by atoms with van der Waals surface area (Å²) in [6, 6.07) is 9.74. The molecule has 0 saturated heterocycles. The Kier molecular flexibility index (Phi) is 8.48. The zero-order valence-corrected chi connectivity index (χ0v) is 18.0. The monoisotopic (exact) mass is 408 g/mol. The maximum atomic E-state index is 12.2. The van der Waals surface area contributed by atoms with Gasteiger partial charge in [0.2, 0.25) is 0 Å². The minimum Gasteiger partial charge on any atom is -0.445 e. The van der Waals surface area contributed by atoms with E-state index in [1.54, 1.807) is 11.8 Å². The highest BCUT2D eigenvalue weighted by atomic mass is 32.2. The molecule has 0 aromatic heterocycles. The molecule has 2 amide bonds. The van der Waals surface area contributed by atoms with Crippen LogP contribution in [-0.4, -0.2) is 41.9 Å². The van der Waals surface area contributed by atoms with Crippen LogP contribution >= 0.6 is 11.8 Å². The molecule has 0 heterocycles. The first-order valence-electron chi connectivity index (χ1n) is 9.72. The van der Waals surface area contributed by atoms with Crippen molar-refractivity contribution in [2.45, 2.75) is 64.3 Å². The van der Waals surface area contributed by atoms with Crippen LogP contribution in [0.25, 0.3) is 0 Å². The van der Waals surface area contributed by atoms with Gasteiger partial charge in [-0.3, -0.25) is 0 Å². The number of rotatable bonds is 6. The average molecular weight is 409 g/mol. The van der Waals surface area contributed by atoms with Crippen molar-refractivity contribution in [2.24, 2.45) is 5.92 Å². The van der Waals surface area contributed by atoms with Crippen molar-refractivity contribution < 1.29 is 19.1 Å². The van der Waals surface area contributed by atoms with Gasteiger partial charge in [-0.2, -0.15) is 11.8 Å². The molecule has 1 fully saturated rings. The number of alkyl carbamates (subject to hydrolysis) is 2. The van der Waals surface area contributed by atoms with Crippen LogP contribution in [0.3, 0.4) is 0 Å². The van der Waals surface area contributed by atoms with E-state index in [-0.39, 0.29) is 30.7 Å². The largest absolute Gasteiger partial charge is 0.445 e. The van der Waals surface area contributed by atoms with Gasteiger partial charge in [0, 0.05) is 12.1 Å². The van der Waals surface area contributed by atoms with Crippen molar-refractivity contribution in [2.75, 3.05) is 12.0 Å². The van der Waals surface area contributed by atoms with Crippen LogP contribution in [-0.2, 0) is 16.1 Å². The van der Waals surface area contributed by atoms with Crippen molar-refractivity contribution in [1.29, 1.82) is 0 Å². The Balaban J connectivity index is 1.82. The molecule has 156 valence electrons. The lowest BCUT2D eigenvalue weighted by atomic mass is 9.82. The Hall–Kier alpha value is -1.89.